The summed E-state index contributed by atoms with van der Waals surface area (Å²) in [6, 6.07) is 4.66. The van der Waals surface area contributed by atoms with Crippen LogP contribution in [0.25, 0.3) is 10.8 Å². The summed E-state index contributed by atoms with van der Waals surface area (Å²) in [4.78, 5) is 7.98. The molecule has 0 amide bonds. The Kier molecular flexibility index (Phi) is 3.45. The van der Waals surface area contributed by atoms with Gasteiger partial charge in [-0.1, -0.05) is 6.07 Å². The summed E-state index contributed by atoms with van der Waals surface area (Å²) < 4.78 is 5.53. The highest BCUT2D eigenvalue weighted by Crippen LogP contribution is 2.24. The van der Waals surface area contributed by atoms with Crippen molar-refractivity contribution in [2.75, 3.05) is 20.1 Å². The lowest BCUT2D eigenvalue weighted by Gasteiger charge is -2.21. The van der Waals surface area contributed by atoms with Crippen molar-refractivity contribution in [1.82, 2.24) is 15.2 Å². The molecule has 0 bridgehead atoms. The van der Waals surface area contributed by atoms with E-state index in [1.165, 1.54) is 6.42 Å². The van der Waals surface area contributed by atoms with E-state index in [2.05, 4.69) is 22.2 Å². The van der Waals surface area contributed by atoms with Crippen LogP contribution in [0.2, 0.25) is 0 Å². The van der Waals surface area contributed by atoms with Crippen LogP contribution in [0.1, 0.15) is 12.1 Å². The average molecular weight is 263 g/mol. The Morgan fingerprint density at radius 1 is 1.61 bits per heavy atom. The summed E-state index contributed by atoms with van der Waals surface area (Å²) in [7, 11) is 2.15. The first-order valence-electron chi connectivity index (χ1n) is 6.22. The summed E-state index contributed by atoms with van der Waals surface area (Å²) in [5.74, 6) is 0.734. The highest BCUT2D eigenvalue weighted by atomic mass is 32.1. The number of rotatable bonds is 4. The second-order valence-corrected chi connectivity index (χ2v) is 5.63. The SMILES string of the molecule is CN(Cc1coc(-c2cccs2)n1)C1CCNC1. The molecule has 1 N–H and O–H groups in total. The quantitative estimate of drug-likeness (QED) is 0.918. The van der Waals surface area contributed by atoms with Gasteiger partial charge in [-0.05, 0) is 31.5 Å². The summed E-state index contributed by atoms with van der Waals surface area (Å²) in [5.41, 5.74) is 1.01. The Labute approximate surface area is 111 Å². The molecular weight excluding hydrogens is 246 g/mol. The molecule has 1 fully saturated rings. The summed E-state index contributed by atoms with van der Waals surface area (Å²) in [6.45, 7) is 3.04. The molecule has 0 aliphatic carbocycles. The number of thiophene rings is 1. The third kappa shape index (κ3) is 2.48. The van der Waals surface area contributed by atoms with E-state index >= 15 is 0 Å². The minimum absolute atomic E-state index is 0.617. The molecule has 1 atom stereocenters. The number of hydrogen-bond acceptors (Lipinski definition) is 5. The van der Waals surface area contributed by atoms with Crippen molar-refractivity contribution >= 4 is 11.3 Å². The Hall–Kier alpha value is -1.17. The van der Waals surface area contributed by atoms with Gasteiger partial charge in [0.25, 0.3) is 0 Å². The van der Waals surface area contributed by atoms with Crippen LogP contribution in [0.3, 0.4) is 0 Å². The molecular formula is C13H17N3OS. The molecule has 0 spiro atoms. The minimum atomic E-state index is 0.617. The topological polar surface area (TPSA) is 41.3 Å². The van der Waals surface area contributed by atoms with Crippen molar-refractivity contribution in [2.24, 2.45) is 0 Å². The van der Waals surface area contributed by atoms with Crippen molar-refractivity contribution in [1.29, 1.82) is 0 Å². The van der Waals surface area contributed by atoms with E-state index in [4.69, 9.17) is 4.42 Å². The second kappa shape index (κ2) is 5.22. The Bertz CT molecular complexity index is 488. The van der Waals surface area contributed by atoms with Gasteiger partial charge in [0, 0.05) is 19.1 Å². The van der Waals surface area contributed by atoms with Crippen LogP contribution >= 0.6 is 11.3 Å². The van der Waals surface area contributed by atoms with E-state index < -0.39 is 0 Å². The first kappa shape index (κ1) is 11.9. The molecule has 4 nitrogen and oxygen atoms in total. The van der Waals surface area contributed by atoms with Gasteiger partial charge in [0.2, 0.25) is 5.89 Å². The van der Waals surface area contributed by atoms with E-state index in [9.17, 15) is 0 Å². The fourth-order valence-electron chi connectivity index (χ4n) is 2.29. The highest BCUT2D eigenvalue weighted by molar-refractivity contribution is 7.13. The fourth-order valence-corrected chi connectivity index (χ4v) is 2.95. The second-order valence-electron chi connectivity index (χ2n) is 4.68. The van der Waals surface area contributed by atoms with Gasteiger partial charge in [0.05, 0.1) is 10.6 Å². The summed E-state index contributed by atoms with van der Waals surface area (Å²) in [5, 5.41) is 5.42. The number of nitrogens with zero attached hydrogens (tertiary/aromatic N) is 2. The van der Waals surface area contributed by atoms with E-state index in [-0.39, 0.29) is 0 Å². The number of oxazole rings is 1. The fraction of sp³-hybridized carbons (Fsp3) is 0.462. The molecule has 1 aliphatic rings. The maximum Gasteiger partial charge on any atom is 0.236 e. The number of hydrogen-bond donors (Lipinski definition) is 1. The monoisotopic (exact) mass is 263 g/mol. The van der Waals surface area contributed by atoms with Crippen molar-refractivity contribution in [2.45, 2.75) is 19.0 Å². The summed E-state index contributed by atoms with van der Waals surface area (Å²) in [6.07, 6.45) is 2.99. The Morgan fingerprint density at radius 3 is 3.28 bits per heavy atom. The zero-order valence-electron chi connectivity index (χ0n) is 10.4. The van der Waals surface area contributed by atoms with E-state index in [1.807, 2.05) is 17.5 Å². The standard InChI is InChI=1S/C13H17N3OS/c1-16(11-4-5-14-7-11)8-10-9-17-13(15-10)12-3-2-6-18-12/h2-3,6,9,11,14H,4-5,7-8H2,1H3. The van der Waals surface area contributed by atoms with Gasteiger partial charge in [0.1, 0.15) is 6.26 Å². The lowest BCUT2D eigenvalue weighted by Crippen LogP contribution is -2.32. The van der Waals surface area contributed by atoms with Gasteiger partial charge in [0.15, 0.2) is 0 Å². The molecule has 1 saturated heterocycles. The molecule has 5 heteroatoms. The number of aromatic nitrogens is 1. The van der Waals surface area contributed by atoms with Crippen LogP contribution < -0.4 is 5.32 Å². The van der Waals surface area contributed by atoms with Gasteiger partial charge >= 0.3 is 0 Å². The summed E-state index contributed by atoms with van der Waals surface area (Å²) >= 11 is 1.65. The number of likely N-dealkylation sites (N-methyl/N-ethyl adjacent to an activating group) is 1. The van der Waals surface area contributed by atoms with E-state index in [1.54, 1.807) is 17.6 Å². The molecule has 2 aromatic heterocycles. The maximum atomic E-state index is 5.53. The van der Waals surface area contributed by atoms with Gasteiger partial charge in [-0.2, -0.15) is 0 Å². The van der Waals surface area contributed by atoms with Crippen LogP contribution in [0.5, 0.6) is 0 Å². The van der Waals surface area contributed by atoms with Gasteiger partial charge in [-0.3, -0.25) is 4.90 Å². The van der Waals surface area contributed by atoms with Crippen molar-refractivity contribution < 1.29 is 4.42 Å². The first-order chi connectivity index (χ1) is 8.83. The molecule has 0 radical (unpaired) electrons. The zero-order valence-corrected chi connectivity index (χ0v) is 11.2. The van der Waals surface area contributed by atoms with Crippen molar-refractivity contribution in [3.63, 3.8) is 0 Å². The largest absolute Gasteiger partial charge is 0.444 e. The Morgan fingerprint density at radius 2 is 2.56 bits per heavy atom. The smallest absolute Gasteiger partial charge is 0.236 e. The third-order valence-electron chi connectivity index (χ3n) is 3.35. The van der Waals surface area contributed by atoms with Crippen LogP contribution in [-0.2, 0) is 6.54 Å². The normalized spacial score (nSPS) is 19.8. The van der Waals surface area contributed by atoms with Crippen LogP contribution in [0.15, 0.2) is 28.2 Å². The predicted octanol–water partition coefficient (Wildman–Crippen LogP) is 2.20. The number of nitrogens with one attached hydrogen (secondary N) is 1. The molecule has 0 saturated carbocycles. The zero-order chi connectivity index (χ0) is 12.4. The van der Waals surface area contributed by atoms with E-state index in [0.29, 0.717) is 6.04 Å². The lowest BCUT2D eigenvalue weighted by molar-refractivity contribution is 0.246. The van der Waals surface area contributed by atoms with Gasteiger partial charge in [-0.25, -0.2) is 4.98 Å². The molecule has 3 heterocycles. The highest BCUT2D eigenvalue weighted by Gasteiger charge is 2.20. The van der Waals surface area contributed by atoms with E-state index in [0.717, 1.165) is 36.1 Å². The van der Waals surface area contributed by atoms with Crippen molar-refractivity contribution in [3.8, 4) is 10.8 Å². The third-order valence-corrected chi connectivity index (χ3v) is 4.21. The molecule has 0 aromatic carbocycles. The molecule has 96 valence electrons. The Balaban J connectivity index is 1.66. The van der Waals surface area contributed by atoms with Gasteiger partial charge < -0.3 is 9.73 Å². The average Bonchev–Trinajstić information content (AvgIpc) is 3.12. The maximum absolute atomic E-state index is 5.53. The molecule has 1 aliphatic heterocycles. The van der Waals surface area contributed by atoms with Gasteiger partial charge in [-0.15, -0.1) is 11.3 Å². The predicted molar refractivity (Wildman–Crippen MR) is 72.6 cm³/mol. The molecule has 1 unspecified atom stereocenters. The minimum Gasteiger partial charge on any atom is -0.444 e. The molecule has 2 aromatic rings. The molecule has 18 heavy (non-hydrogen) atoms. The van der Waals surface area contributed by atoms with Crippen LogP contribution in [0, 0.1) is 0 Å². The lowest BCUT2D eigenvalue weighted by atomic mass is 10.2. The molecule has 3 rings (SSSR count). The van der Waals surface area contributed by atoms with Crippen LogP contribution in [-0.4, -0.2) is 36.1 Å². The van der Waals surface area contributed by atoms with Crippen molar-refractivity contribution in [3.05, 3.63) is 29.5 Å². The van der Waals surface area contributed by atoms with Crippen LogP contribution in [0.4, 0.5) is 0 Å². The first-order valence-corrected chi connectivity index (χ1v) is 7.10.